The molecule has 1 aromatic carbocycles. The number of hydrogen-bond donors (Lipinski definition) is 1. The van der Waals surface area contributed by atoms with Crippen LogP contribution in [0.25, 0.3) is 17.4 Å². The lowest BCUT2D eigenvalue weighted by Crippen LogP contribution is -2.38. The Bertz CT molecular complexity index is 1120. The fourth-order valence-electron chi connectivity index (χ4n) is 2.94. The molecule has 8 heteroatoms. The Morgan fingerprint density at radius 1 is 1.31 bits per heavy atom. The summed E-state index contributed by atoms with van der Waals surface area (Å²) < 4.78 is 10.8. The summed E-state index contributed by atoms with van der Waals surface area (Å²) >= 11 is 0. The van der Waals surface area contributed by atoms with E-state index in [0.29, 0.717) is 35.0 Å². The average molecular weight is 391 g/mol. The molecule has 0 aliphatic carbocycles. The van der Waals surface area contributed by atoms with Crippen molar-refractivity contribution in [2.24, 2.45) is 4.99 Å². The second-order valence-corrected chi connectivity index (χ2v) is 6.33. The van der Waals surface area contributed by atoms with Crippen molar-refractivity contribution in [1.29, 1.82) is 5.41 Å². The van der Waals surface area contributed by atoms with Crippen LogP contribution in [0.2, 0.25) is 0 Å². The number of fused-ring (bicyclic) bond motifs is 1. The van der Waals surface area contributed by atoms with Gasteiger partial charge in [-0.05, 0) is 44.2 Å². The number of aliphatic imine (C=N–C) groups is 1. The minimum Gasteiger partial charge on any atom is -0.462 e. The zero-order valence-electron chi connectivity index (χ0n) is 15.8. The minimum absolute atomic E-state index is 0.0537. The molecule has 0 radical (unpaired) electrons. The Balaban J connectivity index is 1.61. The van der Waals surface area contributed by atoms with Gasteiger partial charge >= 0.3 is 5.97 Å². The second kappa shape index (κ2) is 7.23. The molecule has 0 bridgehead atoms. The van der Waals surface area contributed by atoms with E-state index < -0.39 is 11.9 Å². The van der Waals surface area contributed by atoms with Gasteiger partial charge in [0.15, 0.2) is 11.7 Å². The zero-order valence-corrected chi connectivity index (χ0v) is 15.8. The van der Waals surface area contributed by atoms with Crippen molar-refractivity contribution >= 4 is 29.6 Å². The molecule has 146 valence electrons. The van der Waals surface area contributed by atoms with Gasteiger partial charge in [-0.3, -0.25) is 10.2 Å². The first kappa shape index (κ1) is 18.4. The molecule has 2 aliphatic heterocycles. The predicted molar refractivity (Wildman–Crippen MR) is 105 cm³/mol. The summed E-state index contributed by atoms with van der Waals surface area (Å²) in [5.41, 5.74) is 1.16. The van der Waals surface area contributed by atoms with Crippen molar-refractivity contribution in [3.63, 3.8) is 0 Å². The smallest absolute Gasteiger partial charge is 0.338 e. The van der Waals surface area contributed by atoms with Gasteiger partial charge in [0.05, 0.1) is 17.7 Å². The highest BCUT2D eigenvalue weighted by molar-refractivity contribution is 6.32. The summed E-state index contributed by atoms with van der Waals surface area (Å²) in [6, 6.07) is 10.3. The van der Waals surface area contributed by atoms with Crippen LogP contribution in [0.4, 0.5) is 0 Å². The van der Waals surface area contributed by atoms with Gasteiger partial charge in [0.25, 0.3) is 5.91 Å². The van der Waals surface area contributed by atoms with Crippen LogP contribution in [0.1, 0.15) is 30.0 Å². The SMILES string of the molecule is CCOC(=O)c1cccc(-c2ccc(/C=C3\C(=N)N4OC(C)=CC4=NC3=O)o2)c1. The molecule has 0 saturated carbocycles. The molecule has 3 heterocycles. The van der Waals surface area contributed by atoms with Gasteiger partial charge in [-0.25, -0.2) is 4.79 Å². The van der Waals surface area contributed by atoms with E-state index >= 15 is 0 Å². The van der Waals surface area contributed by atoms with E-state index in [-0.39, 0.29) is 17.2 Å². The molecule has 2 aromatic rings. The molecule has 0 atom stereocenters. The van der Waals surface area contributed by atoms with Crippen LogP contribution in [0.15, 0.2) is 63.2 Å². The Hall–Kier alpha value is -3.94. The van der Waals surface area contributed by atoms with Crippen LogP contribution in [0.3, 0.4) is 0 Å². The molecule has 4 rings (SSSR count). The molecular weight excluding hydrogens is 374 g/mol. The lowest BCUT2D eigenvalue weighted by Gasteiger charge is -2.22. The largest absolute Gasteiger partial charge is 0.462 e. The van der Waals surface area contributed by atoms with E-state index in [0.717, 1.165) is 0 Å². The number of rotatable bonds is 4. The van der Waals surface area contributed by atoms with Gasteiger partial charge in [-0.2, -0.15) is 4.99 Å². The number of amides is 1. The number of allylic oxidation sites excluding steroid dienone is 1. The van der Waals surface area contributed by atoms with Crippen molar-refractivity contribution in [2.75, 3.05) is 6.61 Å². The Kier molecular flexibility index (Phi) is 4.59. The summed E-state index contributed by atoms with van der Waals surface area (Å²) in [5.74, 6) is 0.644. The monoisotopic (exact) mass is 391 g/mol. The highest BCUT2D eigenvalue weighted by atomic mass is 16.7. The second-order valence-electron chi connectivity index (χ2n) is 6.33. The fourth-order valence-corrected chi connectivity index (χ4v) is 2.94. The molecular formula is C21H17N3O5. The number of hydrogen-bond acceptors (Lipinski definition) is 6. The Morgan fingerprint density at radius 3 is 2.93 bits per heavy atom. The predicted octanol–water partition coefficient (Wildman–Crippen LogP) is 3.57. The highest BCUT2D eigenvalue weighted by Crippen LogP contribution is 2.27. The summed E-state index contributed by atoms with van der Waals surface area (Å²) in [6.07, 6.45) is 3.03. The van der Waals surface area contributed by atoms with Crippen molar-refractivity contribution in [2.45, 2.75) is 13.8 Å². The molecule has 29 heavy (non-hydrogen) atoms. The molecule has 1 N–H and O–H groups in total. The quantitative estimate of drug-likeness (QED) is 0.631. The van der Waals surface area contributed by atoms with Crippen molar-refractivity contribution in [3.8, 4) is 11.3 Å². The third-order valence-corrected chi connectivity index (χ3v) is 4.25. The molecule has 8 nitrogen and oxygen atoms in total. The molecule has 0 spiro atoms. The van der Waals surface area contributed by atoms with Crippen LogP contribution in [-0.4, -0.2) is 35.2 Å². The van der Waals surface area contributed by atoms with Crippen LogP contribution in [0, 0.1) is 5.41 Å². The fraction of sp³-hybridized carbons (Fsp3) is 0.143. The Labute approximate surface area is 166 Å². The van der Waals surface area contributed by atoms with Crippen molar-refractivity contribution in [3.05, 3.63) is 65.1 Å². The zero-order chi connectivity index (χ0) is 20.5. The van der Waals surface area contributed by atoms with Crippen molar-refractivity contribution < 1.29 is 23.6 Å². The van der Waals surface area contributed by atoms with Crippen molar-refractivity contribution in [1.82, 2.24) is 5.06 Å². The van der Waals surface area contributed by atoms with Gasteiger partial charge in [0.1, 0.15) is 17.3 Å². The topological polar surface area (TPSA) is 105 Å². The maximum absolute atomic E-state index is 12.3. The first-order valence-electron chi connectivity index (χ1n) is 8.93. The van der Waals surface area contributed by atoms with Gasteiger partial charge in [-0.15, -0.1) is 5.06 Å². The first-order chi connectivity index (χ1) is 14.0. The van der Waals surface area contributed by atoms with E-state index in [1.165, 1.54) is 11.1 Å². The molecule has 0 fully saturated rings. The summed E-state index contributed by atoms with van der Waals surface area (Å²) in [4.78, 5) is 33.6. The van der Waals surface area contributed by atoms with E-state index in [4.69, 9.17) is 19.4 Å². The van der Waals surface area contributed by atoms with E-state index in [2.05, 4.69) is 4.99 Å². The highest BCUT2D eigenvalue weighted by Gasteiger charge is 2.34. The number of esters is 1. The molecule has 2 aliphatic rings. The number of benzene rings is 1. The number of carbonyl (C=O) groups is 2. The number of amidine groups is 2. The van der Waals surface area contributed by atoms with Gasteiger partial charge in [0.2, 0.25) is 0 Å². The van der Waals surface area contributed by atoms with Crippen LogP contribution < -0.4 is 0 Å². The molecule has 1 amide bonds. The maximum atomic E-state index is 12.3. The average Bonchev–Trinajstić information content (AvgIpc) is 3.32. The van der Waals surface area contributed by atoms with E-state index in [1.54, 1.807) is 56.3 Å². The normalized spacial score (nSPS) is 17.0. The minimum atomic E-state index is -0.543. The first-order valence-corrected chi connectivity index (χ1v) is 8.93. The van der Waals surface area contributed by atoms with Gasteiger partial charge in [-0.1, -0.05) is 12.1 Å². The number of ether oxygens (including phenoxy) is 1. The summed E-state index contributed by atoms with van der Waals surface area (Å²) in [5, 5.41) is 9.42. The van der Waals surface area contributed by atoms with E-state index in [1.807, 2.05) is 0 Å². The van der Waals surface area contributed by atoms with Crippen LogP contribution in [-0.2, 0) is 14.4 Å². The number of nitrogens with zero attached hydrogens (tertiary/aromatic N) is 2. The molecule has 0 unspecified atom stereocenters. The Morgan fingerprint density at radius 2 is 2.14 bits per heavy atom. The number of carbonyl (C=O) groups excluding carboxylic acids is 2. The van der Waals surface area contributed by atoms with Gasteiger partial charge < -0.3 is 14.0 Å². The lowest BCUT2D eigenvalue weighted by molar-refractivity contribution is -0.114. The van der Waals surface area contributed by atoms with E-state index in [9.17, 15) is 9.59 Å². The summed E-state index contributed by atoms with van der Waals surface area (Å²) in [6.45, 7) is 3.75. The summed E-state index contributed by atoms with van der Waals surface area (Å²) in [7, 11) is 0. The van der Waals surface area contributed by atoms with Crippen LogP contribution >= 0.6 is 0 Å². The maximum Gasteiger partial charge on any atom is 0.338 e. The number of furan rings is 1. The molecule has 0 saturated heterocycles. The lowest BCUT2D eigenvalue weighted by atomic mass is 10.1. The third kappa shape index (κ3) is 3.47. The number of hydroxylamine groups is 2. The van der Waals surface area contributed by atoms with Gasteiger partial charge in [0, 0.05) is 11.6 Å². The third-order valence-electron chi connectivity index (χ3n) is 4.25. The van der Waals surface area contributed by atoms with Crippen LogP contribution in [0.5, 0.6) is 0 Å². The number of nitrogens with one attached hydrogen (secondary N) is 1. The standard InChI is InChI=1S/C21H17N3O5/c1-3-27-21(26)14-6-4-5-13(10-14)17-8-7-15(28-17)11-16-19(22)24-18(23-20(16)25)9-12(2)29-24/h4-11,22H,3H2,1-2H3/b16-11+,22-19?. The molecule has 1 aromatic heterocycles.